The molecule has 21 heavy (non-hydrogen) atoms. The molecule has 2 unspecified atom stereocenters. The number of hydrogen-bond acceptors (Lipinski definition) is 2. The van der Waals surface area contributed by atoms with Crippen molar-refractivity contribution in [3.05, 3.63) is 18.2 Å². The molecule has 0 aliphatic carbocycles. The summed E-state index contributed by atoms with van der Waals surface area (Å²) < 4.78 is 39.4. The number of imidazole rings is 1. The van der Waals surface area contributed by atoms with E-state index in [0.29, 0.717) is 12.4 Å². The van der Waals surface area contributed by atoms with Crippen LogP contribution in [0.5, 0.6) is 0 Å². The zero-order valence-electron chi connectivity index (χ0n) is 12.4. The van der Waals surface area contributed by atoms with Crippen molar-refractivity contribution >= 4 is 6.03 Å². The molecule has 0 bridgehead atoms. The summed E-state index contributed by atoms with van der Waals surface area (Å²) in [5, 5.41) is 2.00. The Bertz CT molecular complexity index is 538. The maximum Gasteiger partial charge on any atom is 0.408 e. The number of likely N-dealkylation sites (tertiary alicyclic amines) is 1. The molecule has 2 rings (SSSR count). The first-order valence-corrected chi connectivity index (χ1v) is 6.65. The topological polar surface area (TPSA) is 50.2 Å². The van der Waals surface area contributed by atoms with Gasteiger partial charge in [0.15, 0.2) is 0 Å². The molecular weight excluding hydrogens is 285 g/mol. The number of rotatable bonds is 2. The van der Waals surface area contributed by atoms with Crippen LogP contribution in [0.1, 0.15) is 32.6 Å². The van der Waals surface area contributed by atoms with Gasteiger partial charge in [-0.3, -0.25) is 0 Å². The molecule has 0 spiro atoms. The van der Waals surface area contributed by atoms with Crippen LogP contribution in [0, 0.1) is 5.41 Å². The summed E-state index contributed by atoms with van der Waals surface area (Å²) in [5.74, 6) is 0.668. The lowest BCUT2D eigenvalue weighted by molar-refractivity contribution is -0.150. The Hall–Kier alpha value is -1.73. The van der Waals surface area contributed by atoms with Gasteiger partial charge in [-0.05, 0) is 6.92 Å². The van der Waals surface area contributed by atoms with Crippen molar-refractivity contribution in [2.75, 3.05) is 6.54 Å². The van der Waals surface area contributed by atoms with Crippen molar-refractivity contribution in [3.63, 3.8) is 0 Å². The minimum Gasteiger partial charge on any atom is -0.336 e. The number of carbonyl (C=O) groups excluding carboxylic acids is 1. The molecule has 2 amide bonds. The van der Waals surface area contributed by atoms with E-state index in [-0.39, 0.29) is 11.5 Å². The van der Waals surface area contributed by atoms with Gasteiger partial charge in [-0.15, -0.1) is 0 Å². The third-order valence-electron chi connectivity index (χ3n) is 3.82. The fourth-order valence-corrected chi connectivity index (χ4v) is 2.59. The zero-order chi connectivity index (χ0) is 16.0. The molecule has 2 heterocycles. The number of nitrogens with one attached hydrogen (secondary N) is 1. The summed E-state index contributed by atoms with van der Waals surface area (Å²) in [7, 11) is 1.80. The van der Waals surface area contributed by atoms with Gasteiger partial charge in [0, 0.05) is 31.4 Å². The summed E-state index contributed by atoms with van der Waals surface area (Å²) >= 11 is 0. The normalized spacial score (nSPS) is 22.6. The van der Waals surface area contributed by atoms with Crippen LogP contribution in [-0.4, -0.2) is 39.2 Å². The molecule has 1 aliphatic heterocycles. The van der Waals surface area contributed by atoms with Crippen molar-refractivity contribution < 1.29 is 18.0 Å². The molecule has 0 aromatic carbocycles. The van der Waals surface area contributed by atoms with Gasteiger partial charge in [0.05, 0.1) is 6.04 Å². The fraction of sp³-hybridized carbons (Fsp3) is 0.692. The van der Waals surface area contributed by atoms with Gasteiger partial charge in [0.1, 0.15) is 11.9 Å². The Balaban J connectivity index is 2.14. The van der Waals surface area contributed by atoms with E-state index in [1.54, 1.807) is 24.0 Å². The minimum atomic E-state index is -4.45. The maximum atomic E-state index is 12.5. The molecule has 1 aromatic rings. The SMILES string of the molecule is CC(NC(=O)N1CC(C)(C)C1c1nccn1C)C(F)(F)F. The lowest BCUT2D eigenvalue weighted by Crippen LogP contribution is -2.62. The standard InChI is InChI=1S/C13H19F3N4O/c1-8(13(14,15)16)18-11(21)20-7-12(2,3)9(20)10-17-5-6-19(10)4/h5-6,8-9H,7H2,1-4H3,(H,18,21). The van der Waals surface area contributed by atoms with E-state index in [0.717, 1.165) is 6.92 Å². The Labute approximate surface area is 121 Å². The third kappa shape index (κ3) is 2.84. The van der Waals surface area contributed by atoms with Crippen molar-refractivity contribution in [3.8, 4) is 0 Å². The Kier molecular flexibility index (Phi) is 3.67. The van der Waals surface area contributed by atoms with Gasteiger partial charge in [-0.1, -0.05) is 13.8 Å². The lowest BCUT2D eigenvalue weighted by Gasteiger charge is -2.53. The molecule has 2 atom stereocenters. The molecule has 1 aliphatic rings. The first-order valence-electron chi connectivity index (χ1n) is 6.65. The Morgan fingerprint density at radius 2 is 2.14 bits per heavy atom. The van der Waals surface area contributed by atoms with Crippen LogP contribution in [0.25, 0.3) is 0 Å². The van der Waals surface area contributed by atoms with E-state index in [2.05, 4.69) is 4.98 Å². The highest BCUT2D eigenvalue weighted by Crippen LogP contribution is 2.47. The lowest BCUT2D eigenvalue weighted by atomic mass is 9.74. The van der Waals surface area contributed by atoms with E-state index in [4.69, 9.17) is 0 Å². The molecule has 118 valence electrons. The first-order chi connectivity index (χ1) is 9.54. The van der Waals surface area contributed by atoms with Crippen molar-refractivity contribution in [1.82, 2.24) is 19.8 Å². The van der Waals surface area contributed by atoms with Gasteiger partial charge in [-0.2, -0.15) is 13.2 Å². The second kappa shape index (κ2) is 4.92. The van der Waals surface area contributed by atoms with E-state index >= 15 is 0 Å². The second-order valence-electron chi connectivity index (χ2n) is 6.13. The molecule has 1 fully saturated rings. The quantitative estimate of drug-likeness (QED) is 0.912. The smallest absolute Gasteiger partial charge is 0.336 e. The highest BCUT2D eigenvalue weighted by molar-refractivity contribution is 5.76. The van der Waals surface area contributed by atoms with E-state index in [9.17, 15) is 18.0 Å². The maximum absolute atomic E-state index is 12.5. The summed E-state index contributed by atoms with van der Waals surface area (Å²) in [5.41, 5.74) is -0.224. The number of carbonyl (C=O) groups is 1. The number of urea groups is 1. The number of aryl methyl sites for hydroxylation is 1. The summed E-state index contributed by atoms with van der Waals surface area (Å²) in [4.78, 5) is 17.7. The summed E-state index contributed by atoms with van der Waals surface area (Å²) in [6, 6.07) is -2.93. The largest absolute Gasteiger partial charge is 0.408 e. The molecule has 1 aromatic heterocycles. The number of nitrogens with zero attached hydrogens (tertiary/aromatic N) is 3. The molecule has 1 N–H and O–H groups in total. The van der Waals surface area contributed by atoms with Gasteiger partial charge >= 0.3 is 12.2 Å². The summed E-state index contributed by atoms with van der Waals surface area (Å²) in [6.45, 7) is 5.24. The van der Waals surface area contributed by atoms with Crippen LogP contribution in [0.3, 0.4) is 0 Å². The van der Waals surface area contributed by atoms with Gasteiger partial charge in [-0.25, -0.2) is 9.78 Å². The van der Waals surface area contributed by atoms with Gasteiger partial charge < -0.3 is 14.8 Å². The van der Waals surface area contributed by atoms with E-state index in [1.807, 2.05) is 19.2 Å². The van der Waals surface area contributed by atoms with Gasteiger partial charge in [0.2, 0.25) is 0 Å². The number of halogens is 3. The molecule has 5 nitrogen and oxygen atoms in total. The number of aromatic nitrogens is 2. The highest BCUT2D eigenvalue weighted by Gasteiger charge is 2.51. The number of alkyl halides is 3. The molecule has 8 heteroatoms. The van der Waals surface area contributed by atoms with Crippen molar-refractivity contribution in [1.29, 1.82) is 0 Å². The monoisotopic (exact) mass is 304 g/mol. The first kappa shape index (κ1) is 15.7. The van der Waals surface area contributed by atoms with E-state index < -0.39 is 18.2 Å². The van der Waals surface area contributed by atoms with Crippen LogP contribution in [0.15, 0.2) is 12.4 Å². The van der Waals surface area contributed by atoms with Crippen LogP contribution in [0.2, 0.25) is 0 Å². The van der Waals surface area contributed by atoms with E-state index in [1.165, 1.54) is 4.90 Å². The van der Waals surface area contributed by atoms with Crippen LogP contribution >= 0.6 is 0 Å². The van der Waals surface area contributed by atoms with Crippen molar-refractivity contribution in [2.24, 2.45) is 12.5 Å². The molecule has 0 saturated carbocycles. The predicted octanol–water partition coefficient (Wildman–Crippen LogP) is 2.46. The van der Waals surface area contributed by atoms with Crippen LogP contribution in [-0.2, 0) is 7.05 Å². The second-order valence-corrected chi connectivity index (χ2v) is 6.13. The van der Waals surface area contributed by atoms with Crippen LogP contribution in [0.4, 0.5) is 18.0 Å². The fourth-order valence-electron chi connectivity index (χ4n) is 2.59. The molecular formula is C13H19F3N4O. The van der Waals surface area contributed by atoms with Crippen LogP contribution < -0.4 is 5.32 Å². The van der Waals surface area contributed by atoms with Gasteiger partial charge in [0.25, 0.3) is 0 Å². The average Bonchev–Trinajstić information content (AvgIpc) is 2.71. The zero-order valence-corrected chi connectivity index (χ0v) is 12.4. The molecule has 1 saturated heterocycles. The summed E-state index contributed by atoms with van der Waals surface area (Å²) in [6.07, 6.45) is -1.09. The minimum absolute atomic E-state index is 0.224. The number of amides is 2. The molecule has 0 radical (unpaired) electrons. The van der Waals surface area contributed by atoms with Crippen molar-refractivity contribution in [2.45, 2.75) is 39.0 Å². The number of hydrogen-bond donors (Lipinski definition) is 1. The third-order valence-corrected chi connectivity index (χ3v) is 3.82. The Morgan fingerprint density at radius 3 is 2.57 bits per heavy atom. The Morgan fingerprint density at radius 1 is 1.52 bits per heavy atom. The highest BCUT2D eigenvalue weighted by atomic mass is 19.4. The average molecular weight is 304 g/mol. The predicted molar refractivity (Wildman–Crippen MR) is 70.5 cm³/mol.